The number of aromatic nitrogens is 1. The first kappa shape index (κ1) is 25.8. The lowest BCUT2D eigenvalue weighted by atomic mass is 9.96. The van der Waals surface area contributed by atoms with Crippen LogP contribution in [-0.2, 0) is 19.6 Å². The van der Waals surface area contributed by atoms with Crippen LogP contribution in [-0.4, -0.2) is 54.1 Å². The lowest BCUT2D eigenvalue weighted by Gasteiger charge is -2.14. The Balaban J connectivity index is 2.58. The van der Waals surface area contributed by atoms with Gasteiger partial charge < -0.3 is 14.9 Å². The molecule has 7 nitrogen and oxygen atoms in total. The van der Waals surface area contributed by atoms with Gasteiger partial charge in [-0.15, -0.1) is 0 Å². The summed E-state index contributed by atoms with van der Waals surface area (Å²) in [5, 5.41) is 20.3. The zero-order valence-corrected chi connectivity index (χ0v) is 19.7. The van der Waals surface area contributed by atoms with Gasteiger partial charge in [0.05, 0.1) is 32.0 Å². The fourth-order valence-electron chi connectivity index (χ4n) is 3.76. The van der Waals surface area contributed by atoms with Crippen molar-refractivity contribution < 1.29 is 32.6 Å². The summed E-state index contributed by atoms with van der Waals surface area (Å²) in [4.78, 5) is 11.3. The third-order valence-corrected chi connectivity index (χ3v) is 6.20. The number of aliphatic hydroxyl groups is 2. The van der Waals surface area contributed by atoms with E-state index in [-0.39, 0.29) is 18.8 Å². The molecule has 0 aliphatic heterocycles. The molecule has 0 amide bonds. The van der Waals surface area contributed by atoms with Crippen LogP contribution in [0.2, 0.25) is 0 Å². The molecule has 0 saturated carbocycles. The van der Waals surface area contributed by atoms with Gasteiger partial charge in [-0.2, -0.15) is 0 Å². The number of halogens is 1. The SMILES string of the molecule is COC(=O)C[C@H](O)C[C@H](O)/C=C/c1c(-c2ccc(F)cc2)c(C)n(S(C)(=O)=O)c1C(C)C. The first-order valence-electron chi connectivity index (χ1n) is 10.2. The maximum Gasteiger partial charge on any atom is 0.308 e. The summed E-state index contributed by atoms with van der Waals surface area (Å²) in [6, 6.07) is 5.74. The highest BCUT2D eigenvalue weighted by Crippen LogP contribution is 2.38. The van der Waals surface area contributed by atoms with Gasteiger partial charge in [0.1, 0.15) is 5.82 Å². The number of nitrogens with zero attached hydrogens (tertiary/aromatic N) is 1. The number of ether oxygens (including phenoxy) is 1. The van der Waals surface area contributed by atoms with Crippen molar-refractivity contribution in [2.45, 2.75) is 51.7 Å². The third kappa shape index (κ3) is 6.05. The van der Waals surface area contributed by atoms with Gasteiger partial charge in [-0.05, 0) is 30.5 Å². The van der Waals surface area contributed by atoms with Gasteiger partial charge in [-0.1, -0.05) is 38.1 Å². The van der Waals surface area contributed by atoms with Crippen molar-refractivity contribution in [2.75, 3.05) is 13.4 Å². The van der Waals surface area contributed by atoms with Gasteiger partial charge >= 0.3 is 5.97 Å². The van der Waals surface area contributed by atoms with Gasteiger partial charge in [0.2, 0.25) is 10.0 Å². The van der Waals surface area contributed by atoms with E-state index in [9.17, 15) is 27.8 Å². The van der Waals surface area contributed by atoms with Gasteiger partial charge in [0, 0.05) is 28.9 Å². The molecule has 0 spiro atoms. The molecular formula is C23H30FNO6S. The van der Waals surface area contributed by atoms with Crippen LogP contribution in [0.15, 0.2) is 30.3 Å². The van der Waals surface area contributed by atoms with E-state index in [4.69, 9.17) is 0 Å². The second-order valence-electron chi connectivity index (χ2n) is 8.04. The third-order valence-electron chi connectivity index (χ3n) is 5.07. The molecule has 2 atom stereocenters. The summed E-state index contributed by atoms with van der Waals surface area (Å²) in [6.07, 6.45) is 1.65. The maximum atomic E-state index is 13.5. The van der Waals surface area contributed by atoms with Gasteiger partial charge in [0.25, 0.3) is 0 Å². The fourth-order valence-corrected chi connectivity index (χ4v) is 5.02. The van der Waals surface area contributed by atoms with Crippen molar-refractivity contribution in [3.05, 3.63) is 53.1 Å². The van der Waals surface area contributed by atoms with Gasteiger partial charge in [-0.3, -0.25) is 4.79 Å². The zero-order valence-electron chi connectivity index (χ0n) is 18.9. The van der Waals surface area contributed by atoms with Crippen molar-refractivity contribution in [3.8, 4) is 11.1 Å². The molecule has 2 N–H and O–H groups in total. The molecule has 0 radical (unpaired) electrons. The summed E-state index contributed by atoms with van der Waals surface area (Å²) in [5.74, 6) is -1.18. The number of rotatable bonds is 9. The lowest BCUT2D eigenvalue weighted by molar-refractivity contribution is -0.143. The van der Waals surface area contributed by atoms with Gasteiger partial charge in [0.15, 0.2) is 0 Å². The van der Waals surface area contributed by atoms with E-state index in [1.54, 1.807) is 25.1 Å². The van der Waals surface area contributed by atoms with E-state index in [2.05, 4.69) is 4.74 Å². The molecular weight excluding hydrogens is 437 g/mol. The number of benzene rings is 1. The van der Waals surface area contributed by atoms with Crippen LogP contribution in [0.3, 0.4) is 0 Å². The maximum absolute atomic E-state index is 13.5. The molecule has 2 aromatic rings. The highest BCUT2D eigenvalue weighted by atomic mass is 32.2. The Morgan fingerprint density at radius 3 is 2.31 bits per heavy atom. The monoisotopic (exact) mass is 467 g/mol. The summed E-state index contributed by atoms with van der Waals surface area (Å²) in [6.45, 7) is 5.40. The molecule has 32 heavy (non-hydrogen) atoms. The molecule has 9 heteroatoms. The second-order valence-corrected chi connectivity index (χ2v) is 9.88. The molecule has 0 bridgehead atoms. The first-order valence-corrected chi connectivity index (χ1v) is 12.0. The summed E-state index contributed by atoms with van der Waals surface area (Å²) in [5.41, 5.74) is 2.83. The molecule has 2 rings (SSSR count). The molecule has 176 valence electrons. The summed E-state index contributed by atoms with van der Waals surface area (Å²) >= 11 is 0. The van der Waals surface area contributed by atoms with Crippen LogP contribution in [0, 0.1) is 12.7 Å². The molecule has 1 aromatic heterocycles. The van der Waals surface area contributed by atoms with Crippen LogP contribution in [0.1, 0.15) is 49.6 Å². The van der Waals surface area contributed by atoms with Crippen LogP contribution < -0.4 is 0 Å². The number of hydrogen-bond donors (Lipinski definition) is 2. The zero-order chi connectivity index (χ0) is 24.2. The van der Waals surface area contributed by atoms with Crippen molar-refractivity contribution in [3.63, 3.8) is 0 Å². The summed E-state index contributed by atoms with van der Waals surface area (Å²) < 4.78 is 44.5. The van der Waals surface area contributed by atoms with Crippen LogP contribution in [0.4, 0.5) is 4.39 Å². The smallest absolute Gasteiger partial charge is 0.308 e. The minimum absolute atomic E-state index is 0.0970. The Hall–Kier alpha value is -2.49. The van der Waals surface area contributed by atoms with Crippen LogP contribution in [0.5, 0.6) is 0 Å². The number of carbonyl (C=O) groups excluding carboxylic acids is 1. The van der Waals surface area contributed by atoms with Gasteiger partial charge in [-0.25, -0.2) is 16.8 Å². The minimum Gasteiger partial charge on any atom is -0.469 e. The molecule has 0 unspecified atom stereocenters. The van der Waals surface area contributed by atoms with E-state index in [1.807, 2.05) is 13.8 Å². The largest absolute Gasteiger partial charge is 0.469 e. The van der Waals surface area contributed by atoms with Crippen LogP contribution >= 0.6 is 0 Å². The van der Waals surface area contributed by atoms with Crippen LogP contribution in [0.25, 0.3) is 17.2 Å². The normalized spacial score (nSPS) is 14.2. The average Bonchev–Trinajstić information content (AvgIpc) is 2.99. The van der Waals surface area contributed by atoms with Crippen molar-refractivity contribution in [2.24, 2.45) is 0 Å². The molecule has 1 aromatic carbocycles. The molecule has 0 saturated heterocycles. The van der Waals surface area contributed by atoms with Crippen molar-refractivity contribution >= 4 is 22.1 Å². The number of methoxy groups -OCH3 is 1. The molecule has 0 aliphatic carbocycles. The Bertz CT molecular complexity index is 1090. The van der Waals surface area contributed by atoms with Crippen molar-refractivity contribution in [1.82, 2.24) is 3.97 Å². The summed E-state index contributed by atoms with van der Waals surface area (Å²) in [7, 11) is -2.43. The standard InChI is InChI=1S/C23H30FNO6S/c1-14(2)23-20(11-10-18(26)12-19(27)13-21(28)31-4)22(15(3)25(23)32(5,29)30)16-6-8-17(24)9-7-16/h6-11,14,18-19,26-27H,12-13H2,1-5H3/b11-10+/t18-,19-/m1/s1. The van der Waals surface area contributed by atoms with Crippen molar-refractivity contribution in [1.29, 1.82) is 0 Å². The topological polar surface area (TPSA) is 106 Å². The number of carbonyl (C=O) groups is 1. The first-order chi connectivity index (χ1) is 14.9. The number of esters is 1. The number of hydrogen-bond acceptors (Lipinski definition) is 6. The molecule has 0 fully saturated rings. The Labute approximate surface area is 188 Å². The van der Waals surface area contributed by atoms with E-state index >= 15 is 0 Å². The molecule has 0 aliphatic rings. The number of aliphatic hydroxyl groups excluding tert-OH is 2. The van der Waals surface area contributed by atoms with E-state index in [0.717, 1.165) is 6.26 Å². The minimum atomic E-state index is -3.65. The van der Waals surface area contributed by atoms with E-state index in [1.165, 1.54) is 29.3 Å². The fraction of sp³-hybridized carbons (Fsp3) is 0.435. The Morgan fingerprint density at radius 1 is 1.22 bits per heavy atom. The average molecular weight is 468 g/mol. The highest BCUT2D eigenvalue weighted by Gasteiger charge is 2.26. The Morgan fingerprint density at radius 2 is 1.81 bits per heavy atom. The highest BCUT2D eigenvalue weighted by molar-refractivity contribution is 7.89. The quantitative estimate of drug-likeness (QED) is 0.549. The predicted octanol–water partition coefficient (Wildman–Crippen LogP) is 3.22. The van der Waals surface area contributed by atoms with E-state index in [0.29, 0.717) is 28.1 Å². The predicted molar refractivity (Wildman–Crippen MR) is 121 cm³/mol. The lowest BCUT2D eigenvalue weighted by Crippen LogP contribution is -2.20. The molecule has 1 heterocycles. The Kier molecular flexibility index (Phi) is 8.39. The second kappa shape index (κ2) is 10.4. The van der Waals surface area contributed by atoms with E-state index < -0.39 is 34.0 Å².